The Balaban J connectivity index is 1.20. The van der Waals surface area contributed by atoms with Gasteiger partial charge in [0.1, 0.15) is 34.6 Å². The number of ether oxygens (including phenoxy) is 5. The normalized spacial score (nSPS) is 26.3. The number of amides is 1. The van der Waals surface area contributed by atoms with Crippen molar-refractivity contribution in [1.82, 2.24) is 9.58 Å². The maximum Gasteiger partial charge on any atom is 0.341 e. The number of phenolic OH excluding ortho intramolecular Hbond substituents is 3. The molecule has 5 bridgehead atoms. The quantitative estimate of drug-likeness (QED) is 0.0434. The van der Waals surface area contributed by atoms with E-state index in [0.29, 0.717) is 0 Å². The van der Waals surface area contributed by atoms with E-state index < -0.39 is 123 Å². The van der Waals surface area contributed by atoms with Gasteiger partial charge in [0, 0.05) is 86.5 Å². The van der Waals surface area contributed by atoms with Gasteiger partial charge in [0.05, 0.1) is 84.1 Å². The molecule has 418 valence electrons. The first-order chi connectivity index (χ1) is 36.9. The summed E-state index contributed by atoms with van der Waals surface area (Å²) in [5.41, 5.74) is -1.92. The summed E-state index contributed by atoms with van der Waals surface area (Å²) in [7, 11) is 2.75. The summed E-state index contributed by atoms with van der Waals surface area (Å²) >= 11 is 0. The molecule has 3 aromatic carbocycles. The van der Waals surface area contributed by atoms with Crippen LogP contribution in [0, 0.1) is 36.4 Å². The number of hydrogen-bond donors (Lipinski definition) is 7. The number of ketones is 1. The summed E-state index contributed by atoms with van der Waals surface area (Å²) in [5.74, 6) is -11.5. The maximum absolute atomic E-state index is 16.3. The Morgan fingerprint density at radius 2 is 1.60 bits per heavy atom. The molecule has 2 fully saturated rings. The van der Waals surface area contributed by atoms with Gasteiger partial charge in [-0.1, -0.05) is 45.9 Å². The van der Waals surface area contributed by atoms with Crippen LogP contribution in [0.5, 0.6) is 28.7 Å². The molecule has 9 atom stereocenters. The van der Waals surface area contributed by atoms with Crippen molar-refractivity contribution in [3.05, 3.63) is 86.7 Å². The molecule has 9 rings (SSSR count). The van der Waals surface area contributed by atoms with Crippen LogP contribution in [0.1, 0.15) is 99.2 Å². The van der Waals surface area contributed by atoms with Crippen LogP contribution in [0.25, 0.3) is 21.7 Å². The lowest BCUT2D eigenvalue weighted by Gasteiger charge is -2.38. The molecule has 78 heavy (non-hydrogen) atoms. The number of Topliss-reactive ketones (excluding diaryl/α,β-unsaturated/α-hetero) is 1. The highest BCUT2D eigenvalue weighted by atomic mass is 19.1. The second-order valence-corrected chi connectivity index (χ2v) is 20.8. The van der Waals surface area contributed by atoms with Gasteiger partial charge in [0.25, 0.3) is 11.7 Å². The molecule has 4 aromatic rings. The average Bonchev–Trinajstić information content (AvgIpc) is 4.39. The Kier molecular flexibility index (Phi) is 15.9. The number of halogens is 1. The third-order valence-electron chi connectivity index (χ3n) is 15.5. The van der Waals surface area contributed by atoms with Gasteiger partial charge in [-0.05, 0) is 38.8 Å². The summed E-state index contributed by atoms with van der Waals surface area (Å²) in [4.78, 5) is 68.3. The van der Waals surface area contributed by atoms with Crippen molar-refractivity contribution < 1.29 is 77.9 Å². The monoisotopic (exact) mass is 1080 g/mol. The lowest BCUT2D eigenvalue weighted by molar-refractivity contribution is -0.160. The minimum Gasteiger partial charge on any atom is -0.507 e. The van der Waals surface area contributed by atoms with Crippen LogP contribution in [-0.2, 0) is 23.8 Å². The molecule has 1 saturated carbocycles. The zero-order chi connectivity index (χ0) is 57.0. The highest BCUT2D eigenvalue weighted by molar-refractivity contribution is 6.24. The van der Waals surface area contributed by atoms with Crippen LogP contribution in [-0.4, -0.2) is 141 Å². The molecule has 1 saturated heterocycles. The SMILES string of the molecule is COc1c(N2CCN(N=Cc3c4c(O)c5c(O)c(C)c6c(c5c3O)C(=O)[C@@](C)(OC=C[C@H](OC)[C@@H](C)[C@@H](OC(C)=O)[C@H](C)[C@H](O)[C@H](C)[C@@H](O)[C@@H](C)C=CC=C(C)C(=O)N4)O6)CC2)c(F)cc2c(=O)c(C(=O)O)cn(C3CC3)c12. The number of esters is 1. The highest BCUT2D eigenvalue weighted by Crippen LogP contribution is 2.55. The second-order valence-electron chi connectivity index (χ2n) is 20.8. The number of fused-ring (bicyclic) bond motifs is 15. The number of carbonyl (C=O) groups excluding carboxylic acids is 3. The number of methoxy groups -OCH3 is 2. The number of anilines is 2. The minimum atomic E-state index is -2.15. The van der Waals surface area contributed by atoms with E-state index >= 15 is 4.39 Å². The number of nitrogens with zero attached hydrogens (tertiary/aromatic N) is 4. The number of allylic oxidation sites excluding steroid dienone is 2. The van der Waals surface area contributed by atoms with Gasteiger partial charge in [0.15, 0.2) is 17.3 Å². The number of carboxylic acid groups (broad SMARTS) is 1. The summed E-state index contributed by atoms with van der Waals surface area (Å²) in [6, 6.07) is 0.915. The lowest BCUT2D eigenvalue weighted by Crippen LogP contribution is -2.46. The number of aromatic nitrogens is 1. The number of carbonyl (C=O) groups is 4. The van der Waals surface area contributed by atoms with Crippen LogP contribution in [0.15, 0.2) is 58.3 Å². The Hall–Kier alpha value is -7.69. The van der Waals surface area contributed by atoms with Crippen molar-refractivity contribution >= 4 is 62.9 Å². The molecule has 0 spiro atoms. The molecule has 1 amide bonds. The number of benzene rings is 3. The van der Waals surface area contributed by atoms with E-state index in [0.717, 1.165) is 31.4 Å². The third kappa shape index (κ3) is 10.2. The number of piperazine rings is 1. The van der Waals surface area contributed by atoms with Gasteiger partial charge in [-0.15, -0.1) is 0 Å². The van der Waals surface area contributed by atoms with E-state index in [1.54, 1.807) is 48.2 Å². The number of hydrazone groups is 1. The number of rotatable bonds is 8. The number of pyridine rings is 1. The van der Waals surface area contributed by atoms with E-state index in [1.807, 2.05) is 0 Å². The number of aromatic hydroxyl groups is 3. The average molecular weight is 1080 g/mol. The smallest absolute Gasteiger partial charge is 0.341 e. The zero-order valence-electron chi connectivity index (χ0n) is 45.0. The number of aliphatic hydroxyl groups is 2. The molecular formula is C56H66FN5O16. The highest BCUT2D eigenvalue weighted by Gasteiger charge is 2.50. The Labute approximate surface area is 448 Å². The number of phenols is 3. The Morgan fingerprint density at radius 3 is 2.22 bits per heavy atom. The maximum atomic E-state index is 16.3. The number of aliphatic hydroxyl groups excluding tert-OH is 2. The molecule has 5 aliphatic rings. The zero-order valence-corrected chi connectivity index (χ0v) is 45.0. The van der Waals surface area contributed by atoms with E-state index in [-0.39, 0.29) is 88.0 Å². The predicted molar refractivity (Wildman–Crippen MR) is 285 cm³/mol. The fraction of sp³-hybridized carbons (Fsp3) is 0.464. The second kappa shape index (κ2) is 22.0. The van der Waals surface area contributed by atoms with E-state index in [4.69, 9.17) is 23.7 Å². The fourth-order valence-electron chi connectivity index (χ4n) is 10.8. The molecular weight excluding hydrogens is 1020 g/mol. The van der Waals surface area contributed by atoms with Crippen molar-refractivity contribution in [2.75, 3.05) is 50.6 Å². The van der Waals surface area contributed by atoms with Gasteiger partial charge in [-0.3, -0.25) is 24.2 Å². The molecule has 4 aliphatic heterocycles. The van der Waals surface area contributed by atoms with Gasteiger partial charge in [-0.2, -0.15) is 5.10 Å². The summed E-state index contributed by atoms with van der Waals surface area (Å²) in [6.45, 7) is 12.8. The minimum absolute atomic E-state index is 0.0221. The first kappa shape index (κ1) is 56.5. The standard InChI is InChI=1S/C56H66FN5O16/c1-25-12-11-13-26(2)54(71)59-41-34(23-58-61-19-17-60(18-20-61)43-36(57)22-33-42(52(43)75-10)62(32-14-15-32)24-35(47(33)67)55(72)73)48(68)38-39(49(41)69)46(66)30(6)51-40(38)53(70)56(8,78-51)76-21-16-37(74-9)27(3)50(77-31(7)63)29(5)45(65)28(4)44(25)64/h11-13,16,21-25,27-29,32,37,44-45,50,64-66,68-69H,14-15,17-20H2,1-10H3,(H,59,71)(H,72,73)/t25-,27+,28+,29+,37-,44-,45+,50+,56-/m0/s1. The molecule has 1 aromatic heterocycles. The topological polar surface area (TPSA) is 289 Å². The number of carboxylic acids is 1. The number of aromatic carboxylic acids is 1. The largest absolute Gasteiger partial charge is 0.507 e. The van der Waals surface area contributed by atoms with Crippen molar-refractivity contribution in [3.8, 4) is 28.7 Å². The molecule has 0 radical (unpaired) electrons. The predicted octanol–water partition coefficient (Wildman–Crippen LogP) is 6.41. The Bertz CT molecular complexity index is 3290. The lowest BCUT2D eigenvalue weighted by atomic mass is 9.78. The van der Waals surface area contributed by atoms with Crippen LogP contribution in [0.3, 0.4) is 0 Å². The number of hydrogen-bond acceptors (Lipinski definition) is 18. The van der Waals surface area contributed by atoms with E-state index in [2.05, 4.69) is 10.4 Å². The fourth-order valence-corrected chi connectivity index (χ4v) is 10.8. The molecule has 22 heteroatoms. The first-order valence-corrected chi connectivity index (χ1v) is 25.7. The Morgan fingerprint density at radius 1 is 0.923 bits per heavy atom. The van der Waals surface area contributed by atoms with E-state index in [9.17, 15) is 54.6 Å². The summed E-state index contributed by atoms with van der Waals surface area (Å²) in [5, 5.41) is 77.2. The van der Waals surface area contributed by atoms with Crippen LogP contribution >= 0.6 is 0 Å². The van der Waals surface area contributed by atoms with Crippen molar-refractivity contribution in [3.63, 3.8) is 0 Å². The molecule has 5 heterocycles. The van der Waals surface area contributed by atoms with Gasteiger partial charge in [-0.25, -0.2) is 9.18 Å². The van der Waals surface area contributed by atoms with Crippen molar-refractivity contribution in [2.45, 2.75) is 104 Å². The van der Waals surface area contributed by atoms with Crippen LogP contribution in [0.4, 0.5) is 15.8 Å². The molecule has 1 aliphatic carbocycles. The number of nitrogens with one attached hydrogen (secondary N) is 1. The third-order valence-corrected chi connectivity index (χ3v) is 15.5. The van der Waals surface area contributed by atoms with Gasteiger partial charge >= 0.3 is 17.7 Å². The first-order valence-electron chi connectivity index (χ1n) is 25.7. The van der Waals surface area contributed by atoms with Crippen molar-refractivity contribution in [1.29, 1.82) is 0 Å². The van der Waals surface area contributed by atoms with Crippen molar-refractivity contribution in [2.24, 2.45) is 28.8 Å². The molecule has 7 N–H and O–H groups in total. The van der Waals surface area contributed by atoms with Gasteiger partial charge in [0.2, 0.25) is 5.43 Å². The molecule has 21 nitrogen and oxygen atoms in total. The summed E-state index contributed by atoms with van der Waals surface area (Å²) < 4.78 is 47.4. The van der Waals surface area contributed by atoms with Crippen LogP contribution < -0.4 is 25.1 Å². The molecule has 0 unspecified atom stereocenters. The van der Waals surface area contributed by atoms with Crippen LogP contribution in [0.2, 0.25) is 0 Å². The summed E-state index contributed by atoms with van der Waals surface area (Å²) in [6.07, 6.45) is 6.97. The van der Waals surface area contributed by atoms with E-state index in [1.165, 1.54) is 66.3 Å². The van der Waals surface area contributed by atoms with Gasteiger partial charge < -0.3 is 69.1 Å².